The lowest BCUT2D eigenvalue weighted by Gasteiger charge is -2.06. The van der Waals surface area contributed by atoms with Crippen LogP contribution in [0.3, 0.4) is 0 Å². The van der Waals surface area contributed by atoms with Crippen LogP contribution in [0.25, 0.3) is 22.3 Å². The quantitative estimate of drug-likeness (QED) is 0.524. The second-order valence-corrected chi connectivity index (χ2v) is 5.91. The van der Waals surface area contributed by atoms with E-state index in [4.69, 9.17) is 5.26 Å². The van der Waals surface area contributed by atoms with E-state index in [2.05, 4.69) is 26.3 Å². The summed E-state index contributed by atoms with van der Waals surface area (Å²) in [6.07, 6.45) is 1.50. The Labute approximate surface area is 153 Å². The van der Waals surface area contributed by atoms with Gasteiger partial charge in [0.15, 0.2) is 0 Å². The maximum atomic E-state index is 12.4. The van der Waals surface area contributed by atoms with Gasteiger partial charge in [-0.3, -0.25) is 9.78 Å². The number of H-pyrrole nitrogens is 2. The molecule has 0 aliphatic carbocycles. The number of nitrogens with one attached hydrogen (secondary N) is 3. The van der Waals surface area contributed by atoms with Crippen LogP contribution in [0.1, 0.15) is 15.9 Å². The van der Waals surface area contributed by atoms with E-state index >= 15 is 0 Å². The molecule has 0 fully saturated rings. The van der Waals surface area contributed by atoms with E-state index in [1.807, 2.05) is 12.1 Å². The fraction of sp³-hybridized carbons (Fsp3) is 0. The van der Waals surface area contributed by atoms with Crippen molar-refractivity contribution in [3.63, 3.8) is 0 Å². The molecule has 2 aromatic heterocycles. The molecular weight excluding hydrogens is 342 g/mol. The van der Waals surface area contributed by atoms with Crippen molar-refractivity contribution in [3.05, 3.63) is 82.4 Å². The van der Waals surface area contributed by atoms with Crippen LogP contribution in [-0.4, -0.2) is 20.9 Å². The van der Waals surface area contributed by atoms with Crippen LogP contribution in [-0.2, 0) is 0 Å². The molecule has 0 saturated carbocycles. The van der Waals surface area contributed by atoms with Gasteiger partial charge < -0.3 is 15.3 Å². The number of carbonyl (C=O) groups is 1. The summed E-state index contributed by atoms with van der Waals surface area (Å²) in [5, 5.41) is 11.6. The van der Waals surface area contributed by atoms with E-state index in [1.54, 1.807) is 42.5 Å². The van der Waals surface area contributed by atoms with Crippen LogP contribution < -0.4 is 11.0 Å². The first-order chi connectivity index (χ1) is 13.1. The van der Waals surface area contributed by atoms with Gasteiger partial charge in [0.1, 0.15) is 0 Å². The summed E-state index contributed by atoms with van der Waals surface area (Å²) in [5.74, 6) is -0.300. The highest BCUT2D eigenvalue weighted by molar-refractivity contribution is 6.04. The van der Waals surface area contributed by atoms with E-state index in [1.165, 1.54) is 6.20 Å². The van der Waals surface area contributed by atoms with Gasteiger partial charge in [-0.05, 0) is 42.5 Å². The van der Waals surface area contributed by atoms with Crippen molar-refractivity contribution in [3.8, 4) is 17.3 Å². The number of benzene rings is 2. The summed E-state index contributed by atoms with van der Waals surface area (Å²) >= 11 is 0. The molecule has 2 heterocycles. The number of anilines is 1. The third-order valence-electron chi connectivity index (χ3n) is 4.11. The number of carbonyl (C=O) groups excluding carboxylic acids is 1. The summed E-state index contributed by atoms with van der Waals surface area (Å²) in [5.41, 5.74) is 4.13. The topological polar surface area (TPSA) is 114 Å². The van der Waals surface area contributed by atoms with E-state index in [-0.39, 0.29) is 11.6 Å². The van der Waals surface area contributed by atoms with Gasteiger partial charge in [0, 0.05) is 17.4 Å². The molecule has 4 aromatic rings. The van der Waals surface area contributed by atoms with Crippen LogP contribution in [0, 0.1) is 11.3 Å². The van der Waals surface area contributed by atoms with Crippen molar-refractivity contribution in [2.45, 2.75) is 0 Å². The summed E-state index contributed by atoms with van der Waals surface area (Å²) < 4.78 is 0. The summed E-state index contributed by atoms with van der Waals surface area (Å²) in [6.45, 7) is 0. The van der Waals surface area contributed by atoms with Crippen LogP contribution in [0.15, 0.2) is 65.6 Å². The molecule has 27 heavy (non-hydrogen) atoms. The van der Waals surface area contributed by atoms with E-state index in [9.17, 15) is 9.59 Å². The highest BCUT2D eigenvalue weighted by atomic mass is 16.2. The number of pyridine rings is 1. The number of nitriles is 1. The molecule has 0 atom stereocenters. The molecule has 7 heteroatoms. The molecule has 0 aliphatic rings. The third-order valence-corrected chi connectivity index (χ3v) is 4.11. The van der Waals surface area contributed by atoms with Gasteiger partial charge in [0.25, 0.3) is 5.91 Å². The Balaban J connectivity index is 1.52. The molecule has 0 bridgehead atoms. The highest BCUT2D eigenvalue weighted by Gasteiger charge is 2.09. The van der Waals surface area contributed by atoms with Gasteiger partial charge in [-0.25, -0.2) is 4.79 Å². The van der Waals surface area contributed by atoms with Crippen molar-refractivity contribution >= 4 is 22.6 Å². The molecule has 0 aliphatic heterocycles. The number of nitrogens with zero attached hydrogens (tertiary/aromatic N) is 2. The predicted octanol–water partition coefficient (Wildman–Crippen LogP) is 3.04. The van der Waals surface area contributed by atoms with Gasteiger partial charge in [-0.15, -0.1) is 0 Å². The van der Waals surface area contributed by atoms with Crippen molar-refractivity contribution in [1.29, 1.82) is 5.26 Å². The summed E-state index contributed by atoms with van der Waals surface area (Å²) in [4.78, 5) is 33.3. The second-order valence-electron chi connectivity index (χ2n) is 5.91. The number of fused-ring (bicyclic) bond motifs is 1. The molecule has 2 aromatic carbocycles. The fourth-order valence-corrected chi connectivity index (χ4v) is 2.73. The van der Waals surface area contributed by atoms with Crippen molar-refractivity contribution in [2.24, 2.45) is 0 Å². The minimum atomic E-state index is -0.300. The molecule has 130 valence electrons. The number of aromatic amines is 2. The van der Waals surface area contributed by atoms with Crippen molar-refractivity contribution in [1.82, 2.24) is 15.0 Å². The number of hydrogen-bond acceptors (Lipinski definition) is 4. The zero-order chi connectivity index (χ0) is 18.8. The highest BCUT2D eigenvalue weighted by Crippen LogP contribution is 2.19. The zero-order valence-electron chi connectivity index (χ0n) is 14.0. The molecule has 7 nitrogen and oxygen atoms in total. The molecule has 0 spiro atoms. The summed E-state index contributed by atoms with van der Waals surface area (Å²) in [6, 6.07) is 17.7. The van der Waals surface area contributed by atoms with Crippen molar-refractivity contribution < 1.29 is 4.79 Å². The molecule has 3 N–H and O–H groups in total. The molecule has 1 amide bonds. The SMILES string of the molecule is N#Cc1ccc(-c2ccc(C(=O)Nc3ccc4[nH]c(=O)[nH]c4c3)cn2)cc1. The Bertz CT molecular complexity index is 1230. The third kappa shape index (κ3) is 3.32. The Morgan fingerprint density at radius 2 is 1.78 bits per heavy atom. The van der Waals surface area contributed by atoms with Gasteiger partial charge in [0.2, 0.25) is 0 Å². The average molecular weight is 355 g/mol. The fourth-order valence-electron chi connectivity index (χ4n) is 2.73. The Hall–Kier alpha value is -4.18. The molecule has 0 saturated heterocycles. The lowest BCUT2D eigenvalue weighted by molar-refractivity contribution is 0.102. The average Bonchev–Trinajstić information content (AvgIpc) is 3.07. The van der Waals surface area contributed by atoms with E-state index < -0.39 is 0 Å². The Morgan fingerprint density at radius 1 is 1.00 bits per heavy atom. The maximum absolute atomic E-state index is 12.4. The predicted molar refractivity (Wildman–Crippen MR) is 101 cm³/mol. The maximum Gasteiger partial charge on any atom is 0.323 e. The van der Waals surface area contributed by atoms with Gasteiger partial charge in [0.05, 0.1) is 33.9 Å². The van der Waals surface area contributed by atoms with Crippen LogP contribution in [0.4, 0.5) is 5.69 Å². The Morgan fingerprint density at radius 3 is 2.48 bits per heavy atom. The number of amides is 1. The van der Waals surface area contributed by atoms with Crippen LogP contribution >= 0.6 is 0 Å². The van der Waals surface area contributed by atoms with Gasteiger partial charge in [-0.2, -0.15) is 5.26 Å². The summed E-state index contributed by atoms with van der Waals surface area (Å²) in [7, 11) is 0. The number of imidazole rings is 1. The normalized spacial score (nSPS) is 10.5. The van der Waals surface area contributed by atoms with Gasteiger partial charge in [-0.1, -0.05) is 12.1 Å². The van der Waals surface area contributed by atoms with Crippen LogP contribution in [0.2, 0.25) is 0 Å². The molecule has 4 rings (SSSR count). The minimum Gasteiger partial charge on any atom is -0.322 e. The number of rotatable bonds is 3. The lowest BCUT2D eigenvalue weighted by Crippen LogP contribution is -2.12. The van der Waals surface area contributed by atoms with Gasteiger partial charge >= 0.3 is 5.69 Å². The lowest BCUT2D eigenvalue weighted by atomic mass is 10.1. The molecular formula is C20H13N5O2. The first-order valence-electron chi connectivity index (χ1n) is 8.12. The first kappa shape index (κ1) is 16.3. The second kappa shape index (κ2) is 6.61. The monoisotopic (exact) mass is 355 g/mol. The number of aromatic nitrogens is 3. The number of hydrogen-bond donors (Lipinski definition) is 3. The standard InChI is InChI=1S/C20H13N5O2/c21-10-12-1-3-13(4-2-12)16-7-5-14(11-22-16)19(26)23-15-6-8-17-18(9-15)25-20(27)24-17/h1-9,11H,(H,23,26)(H2,24,25,27). The molecule has 0 unspecified atom stereocenters. The first-order valence-corrected chi connectivity index (χ1v) is 8.12. The smallest absolute Gasteiger partial charge is 0.322 e. The minimum absolute atomic E-state index is 0.295. The van der Waals surface area contributed by atoms with E-state index in [0.717, 1.165) is 5.56 Å². The molecule has 0 radical (unpaired) electrons. The van der Waals surface area contributed by atoms with Crippen molar-refractivity contribution in [2.75, 3.05) is 5.32 Å². The Kier molecular flexibility index (Phi) is 3.99. The zero-order valence-corrected chi connectivity index (χ0v) is 14.0. The largest absolute Gasteiger partial charge is 0.323 e. The van der Waals surface area contributed by atoms with E-state index in [0.29, 0.717) is 33.5 Å². The van der Waals surface area contributed by atoms with Crippen LogP contribution in [0.5, 0.6) is 0 Å².